The highest BCUT2D eigenvalue weighted by Crippen LogP contribution is 2.21. The van der Waals surface area contributed by atoms with E-state index in [-0.39, 0.29) is 0 Å². The summed E-state index contributed by atoms with van der Waals surface area (Å²) in [6, 6.07) is 2.77. The molecule has 0 amide bonds. The molecule has 0 radical (unpaired) electrons. The maximum Gasteiger partial charge on any atom is 0.0469 e. The molecule has 0 aromatic carbocycles. The van der Waals surface area contributed by atoms with Crippen LogP contribution in [0.25, 0.3) is 0 Å². The minimum absolute atomic E-state index is 0.505. The van der Waals surface area contributed by atoms with Crippen molar-refractivity contribution in [2.45, 2.75) is 45.2 Å². The second kappa shape index (κ2) is 6.95. The minimum Gasteiger partial charge on any atom is -0.381 e. The molecule has 0 saturated carbocycles. The Balaban J connectivity index is 1.92. The van der Waals surface area contributed by atoms with E-state index < -0.39 is 0 Å². The second-order valence-electron chi connectivity index (χ2n) is 5.33. The van der Waals surface area contributed by atoms with E-state index in [2.05, 4.69) is 42.3 Å². The van der Waals surface area contributed by atoms with E-state index in [1.807, 2.05) is 0 Å². The number of nitrogens with one attached hydrogen (secondary N) is 1. The molecule has 0 aliphatic carbocycles. The third-order valence-electron chi connectivity index (χ3n) is 3.91. The highest BCUT2D eigenvalue weighted by Gasteiger charge is 2.15. The quantitative estimate of drug-likeness (QED) is 0.840. The van der Waals surface area contributed by atoms with Gasteiger partial charge in [0.05, 0.1) is 0 Å². The summed E-state index contributed by atoms with van der Waals surface area (Å²) in [4.78, 5) is 0. The summed E-state index contributed by atoms with van der Waals surface area (Å²) in [5.41, 5.74) is 1.42. The van der Waals surface area contributed by atoms with E-state index >= 15 is 0 Å². The van der Waals surface area contributed by atoms with Gasteiger partial charge >= 0.3 is 0 Å². The van der Waals surface area contributed by atoms with Gasteiger partial charge in [-0.05, 0) is 43.9 Å². The molecule has 102 valence electrons. The number of rotatable bonds is 6. The van der Waals surface area contributed by atoms with Gasteiger partial charge in [0.1, 0.15) is 0 Å². The molecule has 0 bridgehead atoms. The molecule has 1 N–H and O–H groups in total. The van der Waals surface area contributed by atoms with Crippen LogP contribution >= 0.6 is 0 Å². The zero-order chi connectivity index (χ0) is 12.8. The van der Waals surface area contributed by atoms with Crippen molar-refractivity contribution in [3.63, 3.8) is 0 Å². The smallest absolute Gasteiger partial charge is 0.0469 e. The van der Waals surface area contributed by atoms with Crippen molar-refractivity contribution < 1.29 is 4.74 Å². The molecule has 1 unspecified atom stereocenters. The molecule has 18 heavy (non-hydrogen) atoms. The van der Waals surface area contributed by atoms with Gasteiger partial charge in [0, 0.05) is 38.2 Å². The van der Waals surface area contributed by atoms with Crippen molar-refractivity contribution in [3.05, 3.63) is 24.0 Å². The Hall–Kier alpha value is -0.800. The van der Waals surface area contributed by atoms with Gasteiger partial charge in [0.15, 0.2) is 0 Å². The topological polar surface area (TPSA) is 26.2 Å². The zero-order valence-electron chi connectivity index (χ0n) is 11.7. The lowest BCUT2D eigenvalue weighted by Crippen LogP contribution is -2.20. The molecule has 1 aromatic rings. The Morgan fingerprint density at radius 3 is 2.89 bits per heavy atom. The van der Waals surface area contributed by atoms with Crippen molar-refractivity contribution in [3.8, 4) is 0 Å². The maximum absolute atomic E-state index is 5.41. The Kier molecular flexibility index (Phi) is 5.26. The number of nitrogens with zero attached hydrogens (tertiary/aromatic N) is 1. The fraction of sp³-hybridized carbons (Fsp3) is 0.733. The standard InChI is InChI=1S/C15H26N2O/c1-3-4-15(16-2)14-5-8-17(12-14)11-13-6-9-18-10-7-13/h5,8,12-13,15-16H,3-4,6-7,9-11H2,1-2H3. The summed E-state index contributed by atoms with van der Waals surface area (Å²) >= 11 is 0. The zero-order valence-corrected chi connectivity index (χ0v) is 11.7. The number of ether oxygens (including phenoxy) is 1. The van der Waals surface area contributed by atoms with E-state index in [4.69, 9.17) is 4.74 Å². The van der Waals surface area contributed by atoms with Gasteiger partial charge in [-0.2, -0.15) is 0 Å². The van der Waals surface area contributed by atoms with Crippen molar-refractivity contribution in [2.75, 3.05) is 20.3 Å². The molecule has 1 saturated heterocycles. The average molecular weight is 250 g/mol. The molecule has 1 fully saturated rings. The largest absolute Gasteiger partial charge is 0.381 e. The monoisotopic (exact) mass is 250 g/mol. The van der Waals surface area contributed by atoms with Gasteiger partial charge < -0.3 is 14.6 Å². The Morgan fingerprint density at radius 1 is 1.44 bits per heavy atom. The first-order valence-electron chi connectivity index (χ1n) is 7.24. The molecule has 0 spiro atoms. The summed E-state index contributed by atoms with van der Waals surface area (Å²) in [7, 11) is 2.05. The predicted molar refractivity (Wildman–Crippen MR) is 74.7 cm³/mol. The molecule has 1 aliphatic heterocycles. The summed E-state index contributed by atoms with van der Waals surface area (Å²) in [5, 5.41) is 3.40. The van der Waals surface area contributed by atoms with Gasteiger partial charge in [-0.15, -0.1) is 0 Å². The molecule has 1 atom stereocenters. The normalized spacial score (nSPS) is 19.0. The molecule has 3 heteroatoms. The van der Waals surface area contributed by atoms with Crippen molar-refractivity contribution >= 4 is 0 Å². The Morgan fingerprint density at radius 2 is 2.22 bits per heavy atom. The first-order chi connectivity index (χ1) is 8.83. The van der Waals surface area contributed by atoms with Crippen LogP contribution in [-0.2, 0) is 11.3 Å². The van der Waals surface area contributed by atoms with Crippen LogP contribution < -0.4 is 5.32 Å². The molecule has 1 aromatic heterocycles. The van der Waals surface area contributed by atoms with Crippen molar-refractivity contribution in [1.29, 1.82) is 0 Å². The number of aromatic nitrogens is 1. The van der Waals surface area contributed by atoms with Crippen molar-refractivity contribution in [1.82, 2.24) is 9.88 Å². The first-order valence-corrected chi connectivity index (χ1v) is 7.24. The van der Waals surface area contributed by atoms with E-state index in [1.165, 1.54) is 31.2 Å². The lowest BCUT2D eigenvalue weighted by atomic mass is 10.0. The lowest BCUT2D eigenvalue weighted by molar-refractivity contribution is 0.0613. The van der Waals surface area contributed by atoms with Crippen LogP contribution in [-0.4, -0.2) is 24.8 Å². The fourth-order valence-corrected chi connectivity index (χ4v) is 2.77. The Bertz CT molecular complexity index is 342. The van der Waals surface area contributed by atoms with Crippen LogP contribution in [0.15, 0.2) is 18.5 Å². The van der Waals surface area contributed by atoms with Gasteiger partial charge in [0.25, 0.3) is 0 Å². The Labute approximate surface area is 111 Å². The maximum atomic E-state index is 5.41. The minimum atomic E-state index is 0.505. The fourth-order valence-electron chi connectivity index (χ4n) is 2.77. The summed E-state index contributed by atoms with van der Waals surface area (Å²) in [5.74, 6) is 0.790. The SMILES string of the molecule is CCCC(NC)c1ccn(CC2CCOCC2)c1. The summed E-state index contributed by atoms with van der Waals surface area (Å²) in [6.45, 7) is 5.26. The second-order valence-corrected chi connectivity index (χ2v) is 5.33. The third-order valence-corrected chi connectivity index (χ3v) is 3.91. The molecular weight excluding hydrogens is 224 g/mol. The van der Waals surface area contributed by atoms with E-state index in [9.17, 15) is 0 Å². The van der Waals surface area contributed by atoms with Gasteiger partial charge in [-0.3, -0.25) is 0 Å². The van der Waals surface area contributed by atoms with Crippen LogP contribution in [0.5, 0.6) is 0 Å². The van der Waals surface area contributed by atoms with Gasteiger partial charge in [-0.1, -0.05) is 13.3 Å². The van der Waals surface area contributed by atoms with E-state index in [0.29, 0.717) is 6.04 Å². The van der Waals surface area contributed by atoms with E-state index in [1.54, 1.807) is 0 Å². The number of hydrogen-bond acceptors (Lipinski definition) is 2. The molecule has 1 aliphatic rings. The molecule has 2 rings (SSSR count). The van der Waals surface area contributed by atoms with Crippen LogP contribution in [0, 0.1) is 5.92 Å². The van der Waals surface area contributed by atoms with Gasteiger partial charge in [0.2, 0.25) is 0 Å². The summed E-state index contributed by atoms with van der Waals surface area (Å²) in [6.07, 6.45) is 9.38. The van der Waals surface area contributed by atoms with Crippen LogP contribution in [0.3, 0.4) is 0 Å². The number of hydrogen-bond donors (Lipinski definition) is 1. The van der Waals surface area contributed by atoms with Crippen LogP contribution in [0.2, 0.25) is 0 Å². The predicted octanol–water partition coefficient (Wildman–Crippen LogP) is 2.98. The first kappa shape index (κ1) is 13.6. The van der Waals surface area contributed by atoms with Crippen LogP contribution in [0.1, 0.15) is 44.2 Å². The van der Waals surface area contributed by atoms with Crippen molar-refractivity contribution in [2.24, 2.45) is 5.92 Å². The molecular formula is C15H26N2O. The highest BCUT2D eigenvalue weighted by atomic mass is 16.5. The van der Waals surface area contributed by atoms with E-state index in [0.717, 1.165) is 25.7 Å². The lowest BCUT2D eigenvalue weighted by Gasteiger charge is -2.22. The highest BCUT2D eigenvalue weighted by molar-refractivity contribution is 5.15. The average Bonchev–Trinajstić information content (AvgIpc) is 2.85. The molecule has 3 nitrogen and oxygen atoms in total. The van der Waals surface area contributed by atoms with Crippen LogP contribution in [0.4, 0.5) is 0 Å². The summed E-state index contributed by atoms with van der Waals surface area (Å²) < 4.78 is 7.76. The van der Waals surface area contributed by atoms with Gasteiger partial charge in [-0.25, -0.2) is 0 Å². The third kappa shape index (κ3) is 3.59. The molecule has 2 heterocycles.